The van der Waals surface area contributed by atoms with Crippen LogP contribution in [0.15, 0.2) is 36.4 Å². The predicted octanol–water partition coefficient (Wildman–Crippen LogP) is 3.66. The van der Waals surface area contributed by atoms with E-state index in [1.54, 1.807) is 23.8 Å². The molecule has 0 bridgehead atoms. The molecule has 0 fully saturated rings. The number of methoxy groups -OCH3 is 1. The molecule has 0 aliphatic carbocycles. The molecule has 1 N–H and O–H groups in total. The van der Waals surface area contributed by atoms with Crippen LogP contribution < -0.4 is 0 Å². The summed E-state index contributed by atoms with van der Waals surface area (Å²) in [6, 6.07) is 9.04. The molecule has 0 aliphatic rings. The zero-order valence-corrected chi connectivity index (χ0v) is 15.6. The van der Waals surface area contributed by atoms with Gasteiger partial charge in [-0.05, 0) is 42.7 Å². The summed E-state index contributed by atoms with van der Waals surface area (Å²) in [4.78, 5) is 0. The molecular formula is C19H22F2N2O2S. The van der Waals surface area contributed by atoms with E-state index in [2.05, 4.69) is 0 Å². The van der Waals surface area contributed by atoms with Gasteiger partial charge in [-0.25, -0.2) is 13.1 Å². The Morgan fingerprint density at radius 1 is 1.12 bits per heavy atom. The zero-order chi connectivity index (χ0) is 18.7. The number of benzene rings is 2. The van der Waals surface area contributed by atoms with Crippen molar-refractivity contribution in [3.8, 4) is 0 Å². The van der Waals surface area contributed by atoms with Gasteiger partial charge in [-0.15, -0.1) is 0 Å². The number of aromatic nitrogens is 1. The van der Waals surface area contributed by atoms with Gasteiger partial charge in [0.05, 0.1) is 30.3 Å². The van der Waals surface area contributed by atoms with Crippen LogP contribution in [-0.2, 0) is 11.3 Å². The second kappa shape index (κ2) is 8.35. The summed E-state index contributed by atoms with van der Waals surface area (Å²) in [6.45, 7) is 1.93. The molecule has 0 aliphatic heterocycles. The second-order valence-corrected chi connectivity index (χ2v) is 7.03. The summed E-state index contributed by atoms with van der Waals surface area (Å²) in [5, 5.41) is 12.3. The third kappa shape index (κ3) is 4.01. The molecule has 1 atom stereocenters. The Labute approximate surface area is 155 Å². The van der Waals surface area contributed by atoms with Crippen LogP contribution in [0.3, 0.4) is 0 Å². The maximum absolute atomic E-state index is 13.8. The van der Waals surface area contributed by atoms with Gasteiger partial charge in [0.1, 0.15) is 11.6 Å². The van der Waals surface area contributed by atoms with Gasteiger partial charge in [-0.2, -0.15) is 0 Å². The van der Waals surface area contributed by atoms with Crippen molar-refractivity contribution in [3.05, 3.63) is 48.0 Å². The molecule has 3 aromatic rings. The summed E-state index contributed by atoms with van der Waals surface area (Å²) >= 11 is 1.53. The Kier molecular flexibility index (Phi) is 6.13. The van der Waals surface area contributed by atoms with Gasteiger partial charge in [0.2, 0.25) is 0 Å². The molecule has 0 radical (unpaired) electrons. The van der Waals surface area contributed by atoms with Crippen LogP contribution in [-0.4, -0.2) is 53.1 Å². The number of halogens is 2. The minimum atomic E-state index is -0.690. The highest BCUT2D eigenvalue weighted by atomic mass is 32.2. The Bertz CT molecular complexity index is 841. The van der Waals surface area contributed by atoms with Crippen LogP contribution in [0.25, 0.3) is 21.8 Å². The zero-order valence-electron chi connectivity index (χ0n) is 14.8. The Hall–Kier alpha value is -1.67. The summed E-state index contributed by atoms with van der Waals surface area (Å²) in [5.41, 5.74) is 1.30. The first kappa shape index (κ1) is 19.1. The van der Waals surface area contributed by atoms with Gasteiger partial charge < -0.3 is 14.4 Å². The van der Waals surface area contributed by atoms with E-state index >= 15 is 0 Å². The van der Waals surface area contributed by atoms with Crippen molar-refractivity contribution in [3.63, 3.8) is 0 Å². The predicted molar refractivity (Wildman–Crippen MR) is 102 cm³/mol. The van der Waals surface area contributed by atoms with Crippen molar-refractivity contribution in [1.82, 2.24) is 8.87 Å². The smallest absolute Gasteiger partial charge is 0.125 e. The largest absolute Gasteiger partial charge is 0.390 e. The molecule has 3 rings (SSSR count). The lowest BCUT2D eigenvalue weighted by Gasteiger charge is -2.23. The van der Waals surface area contributed by atoms with Crippen molar-refractivity contribution in [2.75, 3.05) is 33.1 Å². The normalized spacial score (nSPS) is 13.2. The number of aliphatic hydroxyl groups excluding tert-OH is 1. The summed E-state index contributed by atoms with van der Waals surface area (Å²) in [6.07, 6.45) is 1.25. The number of ether oxygens (including phenoxy) is 1. The van der Waals surface area contributed by atoms with E-state index in [1.807, 2.05) is 10.6 Å². The first-order valence-electron chi connectivity index (χ1n) is 8.36. The Balaban J connectivity index is 1.94. The number of nitrogens with zero attached hydrogens (tertiary/aromatic N) is 2. The van der Waals surface area contributed by atoms with E-state index in [0.29, 0.717) is 30.7 Å². The number of hydrogen-bond donors (Lipinski definition) is 1. The van der Waals surface area contributed by atoms with Crippen molar-refractivity contribution < 1.29 is 18.6 Å². The Morgan fingerprint density at radius 2 is 1.69 bits per heavy atom. The van der Waals surface area contributed by atoms with Gasteiger partial charge in [0.15, 0.2) is 0 Å². The van der Waals surface area contributed by atoms with Gasteiger partial charge >= 0.3 is 0 Å². The van der Waals surface area contributed by atoms with E-state index in [0.717, 1.165) is 10.8 Å². The average Bonchev–Trinajstić information content (AvgIpc) is 2.91. The monoisotopic (exact) mass is 380 g/mol. The highest BCUT2D eigenvalue weighted by Crippen LogP contribution is 2.30. The molecule has 4 nitrogen and oxygen atoms in total. The first-order chi connectivity index (χ1) is 12.5. The SMILES string of the molecule is COCCN(CC(O)Cn1c2cc(F)ccc2c2ccc(F)cc21)SC. The molecule has 1 aromatic heterocycles. The molecule has 1 unspecified atom stereocenters. The lowest BCUT2D eigenvalue weighted by atomic mass is 10.1. The third-order valence-electron chi connectivity index (χ3n) is 4.40. The fourth-order valence-corrected chi connectivity index (χ4v) is 3.77. The molecule has 7 heteroatoms. The molecule has 2 aromatic carbocycles. The topological polar surface area (TPSA) is 37.6 Å². The van der Waals surface area contributed by atoms with Crippen LogP contribution >= 0.6 is 11.9 Å². The first-order valence-corrected chi connectivity index (χ1v) is 9.54. The lowest BCUT2D eigenvalue weighted by molar-refractivity contribution is 0.119. The van der Waals surface area contributed by atoms with E-state index in [-0.39, 0.29) is 18.2 Å². The molecule has 0 spiro atoms. The van der Waals surface area contributed by atoms with Crippen molar-refractivity contribution in [2.24, 2.45) is 0 Å². The summed E-state index contributed by atoms with van der Waals surface area (Å²) < 4.78 is 36.5. The highest BCUT2D eigenvalue weighted by Gasteiger charge is 2.17. The van der Waals surface area contributed by atoms with E-state index < -0.39 is 6.10 Å². The van der Waals surface area contributed by atoms with Crippen LogP contribution in [0, 0.1) is 11.6 Å². The van der Waals surface area contributed by atoms with Crippen LogP contribution in [0.5, 0.6) is 0 Å². The number of fused-ring (bicyclic) bond motifs is 3. The van der Waals surface area contributed by atoms with Gasteiger partial charge in [0, 0.05) is 31.0 Å². The van der Waals surface area contributed by atoms with Gasteiger partial charge in [0.25, 0.3) is 0 Å². The summed E-state index contributed by atoms with van der Waals surface area (Å²) in [7, 11) is 1.64. The van der Waals surface area contributed by atoms with Crippen LogP contribution in [0.2, 0.25) is 0 Å². The van der Waals surface area contributed by atoms with E-state index in [1.165, 1.54) is 36.2 Å². The number of rotatable bonds is 8. The van der Waals surface area contributed by atoms with E-state index in [9.17, 15) is 13.9 Å². The van der Waals surface area contributed by atoms with Crippen LogP contribution in [0.1, 0.15) is 0 Å². The maximum Gasteiger partial charge on any atom is 0.125 e. The average molecular weight is 380 g/mol. The minimum Gasteiger partial charge on any atom is -0.390 e. The fraction of sp³-hybridized carbons (Fsp3) is 0.368. The van der Waals surface area contributed by atoms with Crippen LogP contribution in [0.4, 0.5) is 8.78 Å². The quantitative estimate of drug-likeness (QED) is 0.605. The third-order valence-corrected chi connectivity index (χ3v) is 5.25. The summed E-state index contributed by atoms with van der Waals surface area (Å²) in [5.74, 6) is -0.718. The Morgan fingerprint density at radius 3 is 2.19 bits per heavy atom. The lowest BCUT2D eigenvalue weighted by Crippen LogP contribution is -2.32. The van der Waals surface area contributed by atoms with Crippen molar-refractivity contribution >= 4 is 33.8 Å². The molecule has 0 saturated carbocycles. The molecule has 0 amide bonds. The molecule has 26 heavy (non-hydrogen) atoms. The molecule has 140 valence electrons. The second-order valence-electron chi connectivity index (χ2n) is 6.15. The molecule has 1 heterocycles. The maximum atomic E-state index is 13.8. The highest BCUT2D eigenvalue weighted by molar-refractivity contribution is 7.96. The molecule has 0 saturated heterocycles. The minimum absolute atomic E-state index is 0.247. The molecular weight excluding hydrogens is 358 g/mol. The van der Waals surface area contributed by atoms with E-state index in [4.69, 9.17) is 4.74 Å². The van der Waals surface area contributed by atoms with Crippen molar-refractivity contribution in [2.45, 2.75) is 12.6 Å². The van der Waals surface area contributed by atoms with Crippen molar-refractivity contribution in [1.29, 1.82) is 0 Å². The fourth-order valence-electron chi connectivity index (χ4n) is 3.19. The number of aliphatic hydroxyl groups is 1. The number of hydrogen-bond acceptors (Lipinski definition) is 4. The van der Waals surface area contributed by atoms with Gasteiger partial charge in [-0.1, -0.05) is 11.9 Å². The standard InChI is InChI=1S/C19H22F2N2O2S/c1-25-8-7-22(26-2)11-15(24)12-23-18-9-13(20)3-5-16(18)17-6-4-14(21)10-19(17)23/h3-6,9-10,15,24H,7-8,11-12H2,1-2H3. The van der Waals surface area contributed by atoms with Gasteiger partial charge in [-0.3, -0.25) is 0 Å².